The molecule has 0 aliphatic carbocycles. The number of rotatable bonds is 4. The van der Waals surface area contributed by atoms with Crippen LogP contribution < -0.4 is 10.9 Å². The van der Waals surface area contributed by atoms with E-state index in [0.29, 0.717) is 23.5 Å². The van der Waals surface area contributed by atoms with Crippen LogP contribution in [0.4, 0.5) is 8.78 Å². The maximum Gasteiger partial charge on any atom is 0.269 e. The van der Waals surface area contributed by atoms with E-state index in [0.717, 1.165) is 5.56 Å². The molecular formula is C22H19ClF2N4O. The van der Waals surface area contributed by atoms with Crippen molar-refractivity contribution >= 4 is 17.4 Å². The molecule has 2 atom stereocenters. The lowest BCUT2D eigenvalue weighted by Crippen LogP contribution is -2.41. The highest BCUT2D eigenvalue weighted by Gasteiger charge is 2.45. The summed E-state index contributed by atoms with van der Waals surface area (Å²) >= 11 is 6.14. The number of aromatic nitrogens is 2. The number of hydrogen-bond acceptors (Lipinski definition) is 4. The van der Waals surface area contributed by atoms with Crippen molar-refractivity contribution in [2.75, 3.05) is 0 Å². The second-order valence-electron chi connectivity index (χ2n) is 7.14. The van der Waals surface area contributed by atoms with Crippen molar-refractivity contribution in [2.45, 2.75) is 32.0 Å². The number of aryl methyl sites for hydroxylation is 1. The number of aliphatic imine (C=N–C) groups is 1. The van der Waals surface area contributed by atoms with Crippen LogP contribution in [0, 0.1) is 11.8 Å². The molecule has 1 aliphatic heterocycles. The minimum atomic E-state index is -0.969. The highest BCUT2D eigenvalue weighted by atomic mass is 35.5. The minimum absolute atomic E-state index is 0.0919. The van der Waals surface area contributed by atoms with Gasteiger partial charge in [0.15, 0.2) is 0 Å². The van der Waals surface area contributed by atoms with E-state index in [4.69, 9.17) is 16.6 Å². The van der Waals surface area contributed by atoms with E-state index in [1.165, 1.54) is 29.0 Å². The SMILES string of the molecule is CCn1cc(C2=NC(c3ccc(F)cc3)(c3ccc(F)nc3)C(C)N2)cc(Cl)c1=O. The van der Waals surface area contributed by atoms with Crippen molar-refractivity contribution in [3.05, 3.63) is 98.7 Å². The van der Waals surface area contributed by atoms with Crippen LogP contribution >= 0.6 is 11.6 Å². The van der Waals surface area contributed by atoms with Crippen LogP contribution in [0.5, 0.6) is 0 Å². The number of nitrogens with zero attached hydrogens (tertiary/aromatic N) is 3. The van der Waals surface area contributed by atoms with Gasteiger partial charge in [-0.05, 0) is 43.7 Å². The third kappa shape index (κ3) is 3.29. The number of benzene rings is 1. The molecule has 0 saturated carbocycles. The summed E-state index contributed by atoms with van der Waals surface area (Å²) in [5.41, 5.74) is 0.778. The lowest BCUT2D eigenvalue weighted by Gasteiger charge is -2.31. The first-order valence-electron chi connectivity index (χ1n) is 9.50. The van der Waals surface area contributed by atoms with E-state index in [9.17, 15) is 13.6 Å². The van der Waals surface area contributed by atoms with Gasteiger partial charge in [-0.3, -0.25) is 4.79 Å². The molecule has 8 heteroatoms. The van der Waals surface area contributed by atoms with E-state index in [1.807, 2.05) is 13.8 Å². The quantitative estimate of drug-likeness (QED) is 0.642. The van der Waals surface area contributed by atoms with E-state index in [2.05, 4.69) is 10.3 Å². The van der Waals surface area contributed by atoms with Gasteiger partial charge in [0.05, 0.1) is 6.04 Å². The first-order valence-corrected chi connectivity index (χ1v) is 9.87. The smallest absolute Gasteiger partial charge is 0.269 e. The molecule has 0 fully saturated rings. The Kier molecular flexibility index (Phi) is 5.15. The largest absolute Gasteiger partial charge is 0.364 e. The molecule has 0 saturated heterocycles. The van der Waals surface area contributed by atoms with Crippen LogP contribution in [0.25, 0.3) is 0 Å². The van der Waals surface area contributed by atoms with Crippen LogP contribution in [0.1, 0.15) is 30.5 Å². The van der Waals surface area contributed by atoms with E-state index < -0.39 is 11.5 Å². The molecule has 0 radical (unpaired) electrons. The molecule has 1 N–H and O–H groups in total. The van der Waals surface area contributed by atoms with Gasteiger partial charge in [0.1, 0.15) is 22.2 Å². The Hall–Kier alpha value is -3.06. The molecule has 2 aromatic heterocycles. The summed E-state index contributed by atoms with van der Waals surface area (Å²) in [6.07, 6.45) is 3.12. The fraction of sp³-hybridized carbons (Fsp3) is 0.227. The van der Waals surface area contributed by atoms with Crippen LogP contribution in [-0.4, -0.2) is 21.4 Å². The zero-order valence-electron chi connectivity index (χ0n) is 16.4. The second kappa shape index (κ2) is 7.65. The predicted molar refractivity (Wildman–Crippen MR) is 112 cm³/mol. The Morgan fingerprint density at radius 3 is 2.50 bits per heavy atom. The summed E-state index contributed by atoms with van der Waals surface area (Å²) < 4.78 is 28.6. The van der Waals surface area contributed by atoms with Gasteiger partial charge in [0.25, 0.3) is 5.56 Å². The second-order valence-corrected chi connectivity index (χ2v) is 7.54. The average molecular weight is 429 g/mol. The minimum Gasteiger partial charge on any atom is -0.364 e. The molecule has 0 spiro atoms. The van der Waals surface area contributed by atoms with Crippen molar-refractivity contribution < 1.29 is 8.78 Å². The summed E-state index contributed by atoms with van der Waals surface area (Å²) in [6.45, 7) is 4.24. The van der Waals surface area contributed by atoms with E-state index in [-0.39, 0.29) is 22.4 Å². The van der Waals surface area contributed by atoms with Crippen LogP contribution in [-0.2, 0) is 12.1 Å². The van der Waals surface area contributed by atoms with Crippen LogP contribution in [0.2, 0.25) is 5.02 Å². The Morgan fingerprint density at radius 1 is 1.17 bits per heavy atom. The molecule has 0 bridgehead atoms. The first-order chi connectivity index (χ1) is 14.3. The summed E-state index contributed by atoms with van der Waals surface area (Å²) in [7, 11) is 0. The van der Waals surface area contributed by atoms with Gasteiger partial charge < -0.3 is 9.88 Å². The highest BCUT2D eigenvalue weighted by molar-refractivity contribution is 6.30. The van der Waals surface area contributed by atoms with Gasteiger partial charge in [-0.15, -0.1) is 0 Å². The molecule has 30 heavy (non-hydrogen) atoms. The van der Waals surface area contributed by atoms with Gasteiger partial charge >= 0.3 is 0 Å². The summed E-state index contributed by atoms with van der Waals surface area (Å²) in [4.78, 5) is 20.9. The predicted octanol–water partition coefficient (Wildman–Crippen LogP) is 3.88. The normalized spacial score (nSPS) is 20.7. The van der Waals surface area contributed by atoms with Crippen molar-refractivity contribution in [1.82, 2.24) is 14.9 Å². The molecular weight excluding hydrogens is 410 g/mol. The Balaban J connectivity index is 1.93. The fourth-order valence-electron chi connectivity index (χ4n) is 3.83. The fourth-order valence-corrected chi connectivity index (χ4v) is 4.05. The van der Waals surface area contributed by atoms with E-state index in [1.54, 1.807) is 30.5 Å². The molecule has 3 heterocycles. The molecule has 1 aliphatic rings. The molecule has 154 valence electrons. The van der Waals surface area contributed by atoms with Crippen LogP contribution in [0.3, 0.4) is 0 Å². The maximum atomic E-state index is 13.6. The van der Waals surface area contributed by atoms with Gasteiger partial charge in [0.2, 0.25) is 5.95 Å². The Bertz CT molecular complexity index is 1130. The molecule has 4 rings (SSSR count). The van der Waals surface area contributed by atoms with Crippen molar-refractivity contribution in [3.8, 4) is 0 Å². The summed E-state index contributed by atoms with van der Waals surface area (Å²) in [5.74, 6) is -0.436. The lowest BCUT2D eigenvalue weighted by molar-refractivity contribution is 0.449. The zero-order valence-corrected chi connectivity index (χ0v) is 17.1. The van der Waals surface area contributed by atoms with Crippen molar-refractivity contribution in [1.29, 1.82) is 0 Å². The van der Waals surface area contributed by atoms with Gasteiger partial charge in [0, 0.05) is 30.1 Å². The van der Waals surface area contributed by atoms with Gasteiger partial charge in [-0.25, -0.2) is 14.4 Å². The molecule has 2 unspecified atom stereocenters. The van der Waals surface area contributed by atoms with Gasteiger partial charge in [-0.2, -0.15) is 4.39 Å². The first kappa shape index (κ1) is 20.2. The molecule has 5 nitrogen and oxygen atoms in total. The standard InChI is InChI=1S/C22H19ClF2N4O/c1-3-29-12-14(10-18(23)21(29)30)20-27-13(2)22(28-20,15-4-7-17(24)8-5-15)16-6-9-19(25)26-11-16/h4-13H,3H2,1-2H3,(H,27,28). The third-order valence-corrected chi connectivity index (χ3v) is 5.65. The Morgan fingerprint density at radius 2 is 1.87 bits per heavy atom. The summed E-state index contributed by atoms with van der Waals surface area (Å²) in [6, 6.07) is 10.2. The number of hydrogen-bond donors (Lipinski definition) is 1. The maximum absolute atomic E-state index is 13.6. The number of pyridine rings is 2. The average Bonchev–Trinajstić information content (AvgIpc) is 3.09. The zero-order chi connectivity index (χ0) is 21.5. The summed E-state index contributed by atoms with van der Waals surface area (Å²) in [5, 5.41) is 3.44. The number of amidine groups is 1. The topological polar surface area (TPSA) is 59.3 Å². The highest BCUT2D eigenvalue weighted by Crippen LogP contribution is 2.40. The molecule has 0 amide bonds. The lowest BCUT2D eigenvalue weighted by atomic mass is 9.79. The van der Waals surface area contributed by atoms with Gasteiger partial charge in [-0.1, -0.05) is 29.8 Å². The van der Waals surface area contributed by atoms with Crippen molar-refractivity contribution in [3.63, 3.8) is 0 Å². The Labute approximate surface area is 177 Å². The van der Waals surface area contributed by atoms with Crippen molar-refractivity contribution in [2.24, 2.45) is 4.99 Å². The molecule has 1 aromatic carbocycles. The molecule has 3 aromatic rings. The van der Waals surface area contributed by atoms with E-state index >= 15 is 0 Å². The number of nitrogens with one attached hydrogen (secondary N) is 1. The monoisotopic (exact) mass is 428 g/mol. The third-order valence-electron chi connectivity index (χ3n) is 5.38. The van der Waals surface area contributed by atoms with Crippen LogP contribution in [0.15, 0.2) is 64.6 Å². The number of halogens is 3.